The van der Waals surface area contributed by atoms with Crippen molar-refractivity contribution in [2.24, 2.45) is 0 Å². The largest absolute Gasteiger partial charge is 0.489 e. The Balaban J connectivity index is 2.21. The number of aliphatic hydroxyl groups excluding tert-OH is 1. The van der Waals surface area contributed by atoms with Gasteiger partial charge in [0.2, 0.25) is 0 Å². The van der Waals surface area contributed by atoms with Crippen LogP contribution in [-0.4, -0.2) is 5.11 Å². The van der Waals surface area contributed by atoms with Crippen LogP contribution in [0.3, 0.4) is 0 Å². The Morgan fingerprint density at radius 1 is 1.33 bits per heavy atom. The van der Waals surface area contributed by atoms with Crippen molar-refractivity contribution >= 4 is 15.9 Å². The molecule has 0 aliphatic heterocycles. The van der Waals surface area contributed by atoms with Crippen LogP contribution < -0.4 is 4.74 Å². The van der Waals surface area contributed by atoms with Crippen molar-refractivity contribution in [2.45, 2.75) is 19.6 Å². The number of aliphatic hydroxyl groups is 1. The van der Waals surface area contributed by atoms with Crippen molar-refractivity contribution < 1.29 is 14.2 Å². The predicted octanol–water partition coefficient (Wildman–Crippen LogP) is 4.09. The second kappa shape index (κ2) is 6.70. The number of nitriles is 1. The van der Waals surface area contributed by atoms with Crippen LogP contribution in [0.4, 0.5) is 4.39 Å². The van der Waals surface area contributed by atoms with Gasteiger partial charge in [0.15, 0.2) is 0 Å². The second-order valence-corrected chi connectivity index (χ2v) is 5.52. The van der Waals surface area contributed by atoms with Gasteiger partial charge in [-0.15, -0.1) is 0 Å². The number of hydrogen-bond donors (Lipinski definition) is 1. The molecule has 0 bridgehead atoms. The first kappa shape index (κ1) is 15.5. The standard InChI is InChI=1S/C16H13BrFNO2/c1-10(20)15-7-13(17)2-3-16(15)21-9-12-4-11(8-19)5-14(18)6-12/h2-7,10,20H,9H2,1H3. The molecular weight excluding hydrogens is 337 g/mol. The van der Waals surface area contributed by atoms with E-state index in [4.69, 9.17) is 10.00 Å². The molecular formula is C16H13BrFNO2. The molecule has 5 heteroatoms. The van der Waals surface area contributed by atoms with Crippen molar-refractivity contribution in [3.8, 4) is 11.8 Å². The molecule has 0 spiro atoms. The minimum absolute atomic E-state index is 0.119. The molecule has 0 aliphatic carbocycles. The molecule has 1 unspecified atom stereocenters. The van der Waals surface area contributed by atoms with Gasteiger partial charge in [0.1, 0.15) is 18.2 Å². The highest BCUT2D eigenvalue weighted by molar-refractivity contribution is 9.10. The molecule has 0 aliphatic rings. The van der Waals surface area contributed by atoms with Gasteiger partial charge in [0.05, 0.1) is 17.7 Å². The van der Waals surface area contributed by atoms with Crippen molar-refractivity contribution in [3.05, 3.63) is 63.4 Å². The maximum atomic E-state index is 13.3. The van der Waals surface area contributed by atoms with E-state index in [0.29, 0.717) is 16.9 Å². The Labute approximate surface area is 130 Å². The summed E-state index contributed by atoms with van der Waals surface area (Å²) in [4.78, 5) is 0. The molecule has 0 amide bonds. The van der Waals surface area contributed by atoms with Gasteiger partial charge in [-0.2, -0.15) is 5.26 Å². The molecule has 1 atom stereocenters. The van der Waals surface area contributed by atoms with Crippen molar-refractivity contribution in [1.82, 2.24) is 0 Å². The topological polar surface area (TPSA) is 53.2 Å². The van der Waals surface area contributed by atoms with E-state index < -0.39 is 11.9 Å². The molecule has 108 valence electrons. The lowest BCUT2D eigenvalue weighted by Gasteiger charge is -2.14. The van der Waals surface area contributed by atoms with Gasteiger partial charge in [-0.3, -0.25) is 0 Å². The van der Waals surface area contributed by atoms with Crippen molar-refractivity contribution in [1.29, 1.82) is 5.26 Å². The van der Waals surface area contributed by atoms with E-state index in [-0.39, 0.29) is 12.2 Å². The Kier molecular flexibility index (Phi) is 4.94. The lowest BCUT2D eigenvalue weighted by atomic mass is 10.1. The Morgan fingerprint density at radius 3 is 2.76 bits per heavy atom. The summed E-state index contributed by atoms with van der Waals surface area (Å²) >= 11 is 3.34. The summed E-state index contributed by atoms with van der Waals surface area (Å²) in [5.41, 5.74) is 1.45. The second-order valence-electron chi connectivity index (χ2n) is 4.61. The van der Waals surface area contributed by atoms with Crippen LogP contribution in [0, 0.1) is 17.1 Å². The van der Waals surface area contributed by atoms with Gasteiger partial charge in [-0.1, -0.05) is 15.9 Å². The van der Waals surface area contributed by atoms with Crippen LogP contribution in [0.25, 0.3) is 0 Å². The van der Waals surface area contributed by atoms with E-state index in [1.807, 2.05) is 6.07 Å². The molecule has 0 saturated heterocycles. The van der Waals surface area contributed by atoms with Crippen LogP contribution in [0.2, 0.25) is 0 Å². The molecule has 0 fully saturated rings. The molecule has 2 aromatic carbocycles. The monoisotopic (exact) mass is 349 g/mol. The fourth-order valence-electron chi connectivity index (χ4n) is 1.94. The summed E-state index contributed by atoms with van der Waals surface area (Å²) in [5.74, 6) is 0.0511. The summed E-state index contributed by atoms with van der Waals surface area (Å²) < 4.78 is 19.8. The predicted molar refractivity (Wildman–Crippen MR) is 80.2 cm³/mol. The molecule has 0 aromatic heterocycles. The fraction of sp³-hybridized carbons (Fsp3) is 0.188. The molecule has 1 N–H and O–H groups in total. The number of nitrogens with zero attached hydrogens (tertiary/aromatic N) is 1. The van der Waals surface area contributed by atoms with E-state index in [1.165, 1.54) is 12.1 Å². The minimum Gasteiger partial charge on any atom is -0.489 e. The van der Waals surface area contributed by atoms with Gasteiger partial charge in [0.25, 0.3) is 0 Å². The molecule has 2 rings (SSSR count). The quantitative estimate of drug-likeness (QED) is 0.904. The average Bonchev–Trinajstić information content (AvgIpc) is 2.45. The first-order valence-electron chi connectivity index (χ1n) is 6.29. The first-order valence-corrected chi connectivity index (χ1v) is 7.09. The number of rotatable bonds is 4. The maximum Gasteiger partial charge on any atom is 0.125 e. The highest BCUT2D eigenvalue weighted by Gasteiger charge is 2.10. The summed E-state index contributed by atoms with van der Waals surface area (Å²) in [6, 6.07) is 11.3. The number of halogens is 2. The van der Waals surface area contributed by atoms with Crippen molar-refractivity contribution in [2.75, 3.05) is 0 Å². The first-order chi connectivity index (χ1) is 9.99. The summed E-state index contributed by atoms with van der Waals surface area (Å²) in [6.07, 6.45) is -0.681. The van der Waals surface area contributed by atoms with E-state index in [2.05, 4.69) is 15.9 Å². The molecule has 21 heavy (non-hydrogen) atoms. The summed E-state index contributed by atoms with van der Waals surface area (Å²) in [5, 5.41) is 18.6. The Morgan fingerprint density at radius 2 is 2.10 bits per heavy atom. The zero-order valence-corrected chi connectivity index (χ0v) is 12.9. The summed E-state index contributed by atoms with van der Waals surface area (Å²) in [6.45, 7) is 1.76. The SMILES string of the molecule is CC(O)c1cc(Br)ccc1OCc1cc(F)cc(C#N)c1. The zero-order chi connectivity index (χ0) is 15.4. The zero-order valence-electron chi connectivity index (χ0n) is 11.3. The van der Waals surface area contributed by atoms with Gasteiger partial charge >= 0.3 is 0 Å². The van der Waals surface area contributed by atoms with Crippen molar-refractivity contribution in [3.63, 3.8) is 0 Å². The highest BCUT2D eigenvalue weighted by atomic mass is 79.9. The molecule has 0 radical (unpaired) electrons. The molecule has 3 nitrogen and oxygen atoms in total. The number of hydrogen-bond acceptors (Lipinski definition) is 3. The Hall–Kier alpha value is -1.90. The third kappa shape index (κ3) is 4.03. The lowest BCUT2D eigenvalue weighted by molar-refractivity contribution is 0.190. The van der Waals surface area contributed by atoms with Gasteiger partial charge < -0.3 is 9.84 Å². The van der Waals surface area contributed by atoms with E-state index in [0.717, 1.165) is 4.47 Å². The highest BCUT2D eigenvalue weighted by Crippen LogP contribution is 2.29. The fourth-order valence-corrected chi connectivity index (χ4v) is 2.32. The van der Waals surface area contributed by atoms with Crippen LogP contribution in [0.15, 0.2) is 40.9 Å². The average molecular weight is 350 g/mol. The third-order valence-electron chi connectivity index (χ3n) is 2.90. The van der Waals surface area contributed by atoms with Crippen LogP contribution in [-0.2, 0) is 6.61 Å². The van der Waals surface area contributed by atoms with E-state index >= 15 is 0 Å². The Bertz CT molecular complexity index is 695. The smallest absolute Gasteiger partial charge is 0.125 e. The third-order valence-corrected chi connectivity index (χ3v) is 3.40. The minimum atomic E-state index is -0.681. The van der Waals surface area contributed by atoms with Gasteiger partial charge in [-0.05, 0) is 48.9 Å². The van der Waals surface area contributed by atoms with E-state index in [1.54, 1.807) is 31.2 Å². The number of benzene rings is 2. The number of ether oxygens (including phenoxy) is 1. The lowest BCUT2D eigenvalue weighted by Crippen LogP contribution is -2.02. The maximum absolute atomic E-state index is 13.3. The van der Waals surface area contributed by atoms with Gasteiger partial charge in [-0.25, -0.2) is 4.39 Å². The van der Waals surface area contributed by atoms with Crippen LogP contribution in [0.5, 0.6) is 5.75 Å². The van der Waals surface area contributed by atoms with Crippen LogP contribution >= 0.6 is 15.9 Å². The van der Waals surface area contributed by atoms with Crippen LogP contribution in [0.1, 0.15) is 29.7 Å². The molecule has 0 heterocycles. The van der Waals surface area contributed by atoms with Gasteiger partial charge in [0, 0.05) is 10.0 Å². The van der Waals surface area contributed by atoms with E-state index in [9.17, 15) is 9.50 Å². The summed E-state index contributed by atoms with van der Waals surface area (Å²) in [7, 11) is 0. The normalized spacial score (nSPS) is 11.8. The molecule has 2 aromatic rings. The molecule has 0 saturated carbocycles.